The van der Waals surface area contributed by atoms with Crippen LogP contribution >= 0.6 is 0 Å². The van der Waals surface area contributed by atoms with Crippen LogP contribution in [0.3, 0.4) is 0 Å². The number of carboxylic acids is 1. The second-order valence-electron chi connectivity index (χ2n) is 4.24. The molecule has 0 aromatic carbocycles. The lowest BCUT2D eigenvalue weighted by Crippen LogP contribution is -2.05. The summed E-state index contributed by atoms with van der Waals surface area (Å²) in [4.78, 5) is 15.2. The summed E-state index contributed by atoms with van der Waals surface area (Å²) >= 11 is 0. The molecule has 0 aliphatic heterocycles. The lowest BCUT2D eigenvalue weighted by molar-refractivity contribution is 0.0689. The average molecular weight is 218 g/mol. The molecule has 84 valence electrons. The van der Waals surface area contributed by atoms with E-state index in [1.165, 1.54) is 0 Å². The van der Waals surface area contributed by atoms with Crippen LogP contribution in [0.1, 0.15) is 41.5 Å². The standard InChI is InChI=1S/C12H14N2O2/c1-7(2)11-10(12(15)16)13-9-5-4-8(3)6-14(9)11/h4-7H,1-3H3,(H,15,16). The highest BCUT2D eigenvalue weighted by Gasteiger charge is 2.20. The van der Waals surface area contributed by atoms with Crippen molar-refractivity contribution in [3.05, 3.63) is 35.3 Å². The van der Waals surface area contributed by atoms with Gasteiger partial charge in [-0.2, -0.15) is 0 Å². The number of carbonyl (C=O) groups is 1. The van der Waals surface area contributed by atoms with Crippen LogP contribution in [0.4, 0.5) is 0 Å². The molecule has 0 saturated heterocycles. The van der Waals surface area contributed by atoms with Crippen LogP contribution in [0.2, 0.25) is 0 Å². The molecular weight excluding hydrogens is 204 g/mol. The smallest absolute Gasteiger partial charge is 0.356 e. The number of nitrogens with zero attached hydrogens (tertiary/aromatic N) is 2. The molecule has 0 unspecified atom stereocenters. The van der Waals surface area contributed by atoms with E-state index in [0.717, 1.165) is 11.3 Å². The van der Waals surface area contributed by atoms with Crippen LogP contribution in [0.15, 0.2) is 18.3 Å². The molecule has 0 spiro atoms. The van der Waals surface area contributed by atoms with Crippen molar-refractivity contribution in [2.24, 2.45) is 0 Å². The first kappa shape index (κ1) is 10.7. The Morgan fingerprint density at radius 1 is 1.44 bits per heavy atom. The zero-order chi connectivity index (χ0) is 11.9. The Morgan fingerprint density at radius 2 is 2.12 bits per heavy atom. The highest BCUT2D eigenvalue weighted by Crippen LogP contribution is 2.21. The Balaban J connectivity index is 2.82. The van der Waals surface area contributed by atoms with Gasteiger partial charge in [0.1, 0.15) is 5.65 Å². The van der Waals surface area contributed by atoms with Crippen LogP contribution in [-0.4, -0.2) is 20.5 Å². The highest BCUT2D eigenvalue weighted by atomic mass is 16.4. The minimum absolute atomic E-state index is 0.128. The number of aryl methyl sites for hydroxylation is 1. The van der Waals surface area contributed by atoms with E-state index < -0.39 is 5.97 Å². The molecule has 0 bridgehead atoms. The molecule has 2 aromatic heterocycles. The molecule has 1 N–H and O–H groups in total. The average Bonchev–Trinajstić information content (AvgIpc) is 2.55. The van der Waals surface area contributed by atoms with E-state index in [9.17, 15) is 4.79 Å². The molecule has 0 aliphatic carbocycles. The van der Waals surface area contributed by atoms with Crippen molar-refractivity contribution in [3.63, 3.8) is 0 Å². The minimum atomic E-state index is -0.968. The molecule has 0 saturated carbocycles. The molecule has 0 radical (unpaired) electrons. The maximum Gasteiger partial charge on any atom is 0.356 e. The van der Waals surface area contributed by atoms with Crippen LogP contribution in [0.25, 0.3) is 5.65 Å². The van der Waals surface area contributed by atoms with Gasteiger partial charge in [-0.25, -0.2) is 9.78 Å². The molecule has 2 heterocycles. The summed E-state index contributed by atoms with van der Waals surface area (Å²) in [6.07, 6.45) is 1.92. The van der Waals surface area contributed by atoms with Crippen molar-refractivity contribution in [2.75, 3.05) is 0 Å². The van der Waals surface area contributed by atoms with Gasteiger partial charge in [-0.3, -0.25) is 0 Å². The second kappa shape index (κ2) is 3.63. The fraction of sp³-hybridized carbons (Fsp3) is 0.333. The van der Waals surface area contributed by atoms with Crippen LogP contribution in [-0.2, 0) is 0 Å². The zero-order valence-electron chi connectivity index (χ0n) is 9.56. The van der Waals surface area contributed by atoms with E-state index in [1.807, 2.05) is 43.5 Å². The Morgan fingerprint density at radius 3 is 2.69 bits per heavy atom. The van der Waals surface area contributed by atoms with Gasteiger partial charge in [0.25, 0.3) is 0 Å². The Kier molecular flexibility index (Phi) is 2.42. The van der Waals surface area contributed by atoms with Crippen molar-refractivity contribution < 1.29 is 9.90 Å². The van der Waals surface area contributed by atoms with E-state index >= 15 is 0 Å². The van der Waals surface area contributed by atoms with Gasteiger partial charge in [0.05, 0.1) is 5.69 Å². The largest absolute Gasteiger partial charge is 0.476 e. The lowest BCUT2D eigenvalue weighted by atomic mass is 10.1. The molecule has 2 aromatic rings. The van der Waals surface area contributed by atoms with E-state index in [-0.39, 0.29) is 11.6 Å². The predicted molar refractivity (Wildman–Crippen MR) is 61.0 cm³/mol. The van der Waals surface area contributed by atoms with Gasteiger partial charge >= 0.3 is 5.97 Å². The number of hydrogen-bond donors (Lipinski definition) is 1. The van der Waals surface area contributed by atoms with Crippen LogP contribution in [0.5, 0.6) is 0 Å². The van der Waals surface area contributed by atoms with Gasteiger partial charge in [0, 0.05) is 6.20 Å². The zero-order valence-corrected chi connectivity index (χ0v) is 9.56. The molecular formula is C12H14N2O2. The number of carboxylic acid groups (broad SMARTS) is 1. The first-order valence-electron chi connectivity index (χ1n) is 5.22. The number of aromatic carboxylic acids is 1. The normalized spacial score (nSPS) is 11.2. The Labute approximate surface area is 93.5 Å². The number of aromatic nitrogens is 2. The topological polar surface area (TPSA) is 54.6 Å². The summed E-state index contributed by atoms with van der Waals surface area (Å²) in [5.41, 5.74) is 2.68. The summed E-state index contributed by atoms with van der Waals surface area (Å²) in [5, 5.41) is 9.11. The van der Waals surface area contributed by atoms with Crippen LogP contribution < -0.4 is 0 Å². The maximum absolute atomic E-state index is 11.1. The second-order valence-corrected chi connectivity index (χ2v) is 4.24. The summed E-state index contributed by atoms with van der Waals surface area (Å²) < 4.78 is 1.86. The van der Waals surface area contributed by atoms with E-state index in [1.54, 1.807) is 0 Å². The maximum atomic E-state index is 11.1. The molecule has 0 amide bonds. The number of fused-ring (bicyclic) bond motifs is 1. The molecule has 2 rings (SSSR count). The molecule has 4 heteroatoms. The first-order valence-corrected chi connectivity index (χ1v) is 5.22. The van der Waals surface area contributed by atoms with E-state index in [4.69, 9.17) is 5.11 Å². The fourth-order valence-corrected chi connectivity index (χ4v) is 1.88. The van der Waals surface area contributed by atoms with E-state index in [0.29, 0.717) is 5.65 Å². The van der Waals surface area contributed by atoms with Crippen molar-refractivity contribution in [2.45, 2.75) is 26.7 Å². The molecule has 0 atom stereocenters. The monoisotopic (exact) mass is 218 g/mol. The summed E-state index contributed by atoms with van der Waals surface area (Å²) in [6.45, 7) is 5.92. The van der Waals surface area contributed by atoms with Crippen molar-refractivity contribution in [3.8, 4) is 0 Å². The third-order valence-electron chi connectivity index (χ3n) is 2.55. The highest BCUT2D eigenvalue weighted by molar-refractivity contribution is 5.88. The van der Waals surface area contributed by atoms with Crippen molar-refractivity contribution in [1.82, 2.24) is 9.38 Å². The molecule has 4 nitrogen and oxygen atoms in total. The number of pyridine rings is 1. The Bertz CT molecular complexity index is 555. The SMILES string of the molecule is Cc1ccc2nc(C(=O)O)c(C(C)C)n2c1. The Hall–Kier alpha value is -1.84. The number of hydrogen-bond acceptors (Lipinski definition) is 2. The van der Waals surface area contributed by atoms with E-state index in [2.05, 4.69) is 4.98 Å². The van der Waals surface area contributed by atoms with Gasteiger partial charge < -0.3 is 9.51 Å². The first-order chi connectivity index (χ1) is 7.50. The summed E-state index contributed by atoms with van der Waals surface area (Å²) in [6, 6.07) is 3.77. The lowest BCUT2D eigenvalue weighted by Gasteiger charge is -2.06. The van der Waals surface area contributed by atoms with Crippen molar-refractivity contribution in [1.29, 1.82) is 0 Å². The molecule has 0 fully saturated rings. The quantitative estimate of drug-likeness (QED) is 0.842. The van der Waals surface area contributed by atoms with Gasteiger partial charge in [-0.1, -0.05) is 19.9 Å². The van der Waals surface area contributed by atoms with Gasteiger partial charge in [-0.15, -0.1) is 0 Å². The summed E-state index contributed by atoms with van der Waals surface area (Å²) in [7, 11) is 0. The van der Waals surface area contributed by atoms with Gasteiger partial charge in [0.15, 0.2) is 5.69 Å². The van der Waals surface area contributed by atoms with Crippen molar-refractivity contribution >= 4 is 11.6 Å². The third-order valence-corrected chi connectivity index (χ3v) is 2.55. The van der Waals surface area contributed by atoms with Gasteiger partial charge in [-0.05, 0) is 24.5 Å². The number of rotatable bonds is 2. The number of imidazole rings is 1. The third kappa shape index (κ3) is 1.56. The minimum Gasteiger partial charge on any atom is -0.476 e. The molecule has 16 heavy (non-hydrogen) atoms. The van der Waals surface area contributed by atoms with Crippen LogP contribution in [0, 0.1) is 6.92 Å². The van der Waals surface area contributed by atoms with Gasteiger partial charge in [0.2, 0.25) is 0 Å². The predicted octanol–water partition coefficient (Wildman–Crippen LogP) is 2.46. The fourth-order valence-electron chi connectivity index (χ4n) is 1.88. The summed E-state index contributed by atoms with van der Waals surface area (Å²) in [5.74, 6) is -0.840. The molecule has 0 aliphatic rings.